The smallest absolute Gasteiger partial charge is 0.0198 e. The summed E-state index contributed by atoms with van der Waals surface area (Å²) in [5.41, 5.74) is 0.421. The van der Waals surface area contributed by atoms with Crippen molar-refractivity contribution in [3.05, 3.63) is 0 Å². The van der Waals surface area contributed by atoms with E-state index < -0.39 is 0 Å². The summed E-state index contributed by atoms with van der Waals surface area (Å²) >= 11 is 0. The van der Waals surface area contributed by atoms with Crippen molar-refractivity contribution in [2.24, 2.45) is 17.3 Å². The Labute approximate surface area is 113 Å². The maximum Gasteiger partial charge on any atom is 0.0198 e. The van der Waals surface area contributed by atoms with Crippen molar-refractivity contribution in [1.82, 2.24) is 10.6 Å². The van der Waals surface area contributed by atoms with Crippen LogP contribution < -0.4 is 10.6 Å². The van der Waals surface area contributed by atoms with Crippen molar-refractivity contribution in [3.8, 4) is 0 Å². The summed E-state index contributed by atoms with van der Waals surface area (Å²) in [5.74, 6) is 1.71. The van der Waals surface area contributed by atoms with E-state index in [0.29, 0.717) is 5.41 Å². The Morgan fingerprint density at radius 1 is 1.22 bits per heavy atom. The van der Waals surface area contributed by atoms with Crippen LogP contribution in [-0.2, 0) is 0 Å². The van der Waals surface area contributed by atoms with Crippen molar-refractivity contribution in [1.29, 1.82) is 0 Å². The van der Waals surface area contributed by atoms with E-state index in [-0.39, 0.29) is 0 Å². The van der Waals surface area contributed by atoms with Gasteiger partial charge in [0.05, 0.1) is 0 Å². The summed E-state index contributed by atoms with van der Waals surface area (Å²) in [5, 5.41) is 7.52. The molecule has 0 bridgehead atoms. The summed E-state index contributed by atoms with van der Waals surface area (Å²) in [4.78, 5) is 0. The average Bonchev–Trinajstić information content (AvgIpc) is 2.70. The number of nitrogens with one attached hydrogen (secondary N) is 2. The zero-order valence-electron chi connectivity index (χ0n) is 12.8. The van der Waals surface area contributed by atoms with Crippen molar-refractivity contribution in [2.45, 2.75) is 71.9 Å². The fourth-order valence-electron chi connectivity index (χ4n) is 3.37. The predicted octanol–water partition coefficient (Wildman–Crippen LogP) is 3.18. The normalized spacial score (nSPS) is 34.3. The third-order valence-electron chi connectivity index (χ3n) is 5.27. The van der Waals surface area contributed by atoms with Crippen molar-refractivity contribution in [2.75, 3.05) is 13.1 Å². The molecule has 0 radical (unpaired) electrons. The van der Waals surface area contributed by atoms with Crippen molar-refractivity contribution >= 4 is 0 Å². The molecule has 2 N–H and O–H groups in total. The molecule has 2 heteroatoms. The first-order chi connectivity index (χ1) is 8.47. The molecule has 2 rings (SSSR count). The fraction of sp³-hybridized carbons (Fsp3) is 1.00. The Hall–Kier alpha value is -0.0800. The summed E-state index contributed by atoms with van der Waals surface area (Å²) in [6, 6.07) is 1.57. The quantitative estimate of drug-likeness (QED) is 0.803. The van der Waals surface area contributed by atoms with Crippen LogP contribution in [0.4, 0.5) is 0 Å². The molecule has 0 aromatic rings. The van der Waals surface area contributed by atoms with Gasteiger partial charge in [-0.05, 0) is 43.1 Å². The standard InChI is InChI=1S/C16H32N2/c1-12(16(2,3)4)10-17-11-14-9-13-7-5-6-8-15(13)18-14/h12-15,17-18H,5-11H2,1-4H3. The van der Waals surface area contributed by atoms with Crippen LogP contribution in [0, 0.1) is 17.3 Å². The lowest BCUT2D eigenvalue weighted by Gasteiger charge is -2.28. The molecular weight excluding hydrogens is 220 g/mol. The van der Waals surface area contributed by atoms with Gasteiger partial charge in [0.1, 0.15) is 0 Å². The van der Waals surface area contributed by atoms with Gasteiger partial charge in [0.15, 0.2) is 0 Å². The zero-order chi connectivity index (χ0) is 13.2. The highest BCUT2D eigenvalue weighted by molar-refractivity contribution is 4.93. The average molecular weight is 252 g/mol. The second-order valence-corrected chi connectivity index (χ2v) is 7.68. The largest absolute Gasteiger partial charge is 0.315 e. The third kappa shape index (κ3) is 3.71. The van der Waals surface area contributed by atoms with E-state index in [2.05, 4.69) is 38.3 Å². The molecular formula is C16H32N2. The SMILES string of the molecule is CC(CNCC1CC2CCCCC2N1)C(C)(C)C. The Balaban J connectivity index is 1.66. The molecule has 1 aliphatic heterocycles. The van der Waals surface area contributed by atoms with Gasteiger partial charge in [-0.2, -0.15) is 0 Å². The minimum atomic E-state index is 0.421. The van der Waals surface area contributed by atoms with E-state index in [1.54, 1.807) is 0 Å². The molecule has 1 heterocycles. The first kappa shape index (κ1) is 14.3. The highest BCUT2D eigenvalue weighted by atomic mass is 15.0. The lowest BCUT2D eigenvalue weighted by atomic mass is 9.82. The number of hydrogen-bond donors (Lipinski definition) is 2. The van der Waals surface area contributed by atoms with Gasteiger partial charge in [-0.1, -0.05) is 40.5 Å². The molecule has 2 fully saturated rings. The molecule has 1 saturated heterocycles. The maximum atomic E-state index is 3.84. The van der Waals surface area contributed by atoms with E-state index in [0.717, 1.165) is 37.0 Å². The Morgan fingerprint density at radius 2 is 1.94 bits per heavy atom. The van der Waals surface area contributed by atoms with E-state index in [1.165, 1.54) is 32.1 Å². The van der Waals surface area contributed by atoms with Gasteiger partial charge >= 0.3 is 0 Å². The van der Waals surface area contributed by atoms with Gasteiger partial charge in [-0.3, -0.25) is 0 Å². The molecule has 0 spiro atoms. The van der Waals surface area contributed by atoms with Crippen LogP contribution >= 0.6 is 0 Å². The highest BCUT2D eigenvalue weighted by Crippen LogP contribution is 2.33. The maximum absolute atomic E-state index is 3.84. The summed E-state index contributed by atoms with van der Waals surface area (Å²) < 4.78 is 0. The predicted molar refractivity (Wildman–Crippen MR) is 78.8 cm³/mol. The first-order valence-electron chi connectivity index (χ1n) is 7.93. The van der Waals surface area contributed by atoms with Crippen LogP contribution in [0.1, 0.15) is 59.8 Å². The number of hydrogen-bond acceptors (Lipinski definition) is 2. The monoisotopic (exact) mass is 252 g/mol. The van der Waals surface area contributed by atoms with Gasteiger partial charge in [0.25, 0.3) is 0 Å². The number of rotatable bonds is 4. The molecule has 4 atom stereocenters. The lowest BCUT2D eigenvalue weighted by Crippen LogP contribution is -2.40. The molecule has 0 aromatic carbocycles. The molecule has 106 valence electrons. The van der Waals surface area contributed by atoms with Gasteiger partial charge in [-0.25, -0.2) is 0 Å². The summed E-state index contributed by atoms with van der Waals surface area (Å²) in [7, 11) is 0. The van der Waals surface area contributed by atoms with E-state index in [4.69, 9.17) is 0 Å². The lowest BCUT2D eigenvalue weighted by molar-refractivity contribution is 0.251. The van der Waals surface area contributed by atoms with Gasteiger partial charge in [0, 0.05) is 18.6 Å². The van der Waals surface area contributed by atoms with Crippen LogP contribution in [0.2, 0.25) is 0 Å². The van der Waals surface area contributed by atoms with Crippen LogP contribution in [0.5, 0.6) is 0 Å². The van der Waals surface area contributed by atoms with Crippen molar-refractivity contribution < 1.29 is 0 Å². The Bertz CT molecular complexity index is 242. The van der Waals surface area contributed by atoms with Crippen LogP contribution in [0.3, 0.4) is 0 Å². The van der Waals surface area contributed by atoms with Crippen LogP contribution in [0.25, 0.3) is 0 Å². The van der Waals surface area contributed by atoms with Gasteiger partial charge < -0.3 is 10.6 Å². The summed E-state index contributed by atoms with van der Waals surface area (Å²) in [6.07, 6.45) is 7.19. The van der Waals surface area contributed by atoms with Crippen LogP contribution in [-0.4, -0.2) is 25.2 Å². The Kier molecular flexibility index (Phi) is 4.71. The molecule has 1 aliphatic carbocycles. The molecule has 0 aromatic heterocycles. The Morgan fingerprint density at radius 3 is 2.61 bits per heavy atom. The van der Waals surface area contributed by atoms with E-state index >= 15 is 0 Å². The third-order valence-corrected chi connectivity index (χ3v) is 5.27. The van der Waals surface area contributed by atoms with E-state index in [9.17, 15) is 0 Å². The van der Waals surface area contributed by atoms with Gasteiger partial charge in [-0.15, -0.1) is 0 Å². The molecule has 18 heavy (non-hydrogen) atoms. The molecule has 2 nitrogen and oxygen atoms in total. The fourth-order valence-corrected chi connectivity index (χ4v) is 3.37. The molecule has 0 amide bonds. The van der Waals surface area contributed by atoms with Crippen molar-refractivity contribution in [3.63, 3.8) is 0 Å². The molecule has 4 unspecified atom stereocenters. The topological polar surface area (TPSA) is 24.1 Å². The second-order valence-electron chi connectivity index (χ2n) is 7.68. The summed E-state index contributed by atoms with van der Waals surface area (Å²) in [6.45, 7) is 11.7. The van der Waals surface area contributed by atoms with Crippen LogP contribution in [0.15, 0.2) is 0 Å². The van der Waals surface area contributed by atoms with E-state index in [1.807, 2.05) is 0 Å². The zero-order valence-corrected chi connectivity index (χ0v) is 12.8. The first-order valence-corrected chi connectivity index (χ1v) is 7.93. The second kappa shape index (κ2) is 5.92. The minimum absolute atomic E-state index is 0.421. The number of fused-ring (bicyclic) bond motifs is 1. The molecule has 2 aliphatic rings. The van der Waals surface area contributed by atoms with Gasteiger partial charge in [0.2, 0.25) is 0 Å². The highest BCUT2D eigenvalue weighted by Gasteiger charge is 2.34. The minimum Gasteiger partial charge on any atom is -0.315 e. The molecule has 1 saturated carbocycles.